The van der Waals surface area contributed by atoms with Gasteiger partial charge >= 0.3 is 0 Å². The standard InChI is InChI=1S/C12H15N3O/c1-2-8-14-9-11(12(13)15-16)10-6-4-3-5-7-10/h1,3-7,11,14,16H,8-9H2,(H2,13,15). The minimum Gasteiger partial charge on any atom is -0.409 e. The molecule has 0 saturated carbocycles. The van der Waals surface area contributed by atoms with Gasteiger partial charge in [-0.2, -0.15) is 0 Å². The Balaban J connectivity index is 2.77. The first-order chi connectivity index (χ1) is 7.79. The molecule has 16 heavy (non-hydrogen) atoms. The summed E-state index contributed by atoms with van der Waals surface area (Å²) in [6.45, 7) is 1.01. The SMILES string of the molecule is C#CCNCC(C(N)=NO)c1ccccc1. The van der Waals surface area contributed by atoms with Gasteiger partial charge in [0.15, 0.2) is 0 Å². The number of amidine groups is 1. The van der Waals surface area contributed by atoms with Gasteiger partial charge in [-0.3, -0.25) is 0 Å². The molecular weight excluding hydrogens is 202 g/mol. The number of nitrogens with zero attached hydrogens (tertiary/aromatic N) is 1. The van der Waals surface area contributed by atoms with Crippen molar-refractivity contribution in [1.82, 2.24) is 5.32 Å². The zero-order valence-corrected chi connectivity index (χ0v) is 8.93. The Morgan fingerprint density at radius 1 is 1.50 bits per heavy atom. The summed E-state index contributed by atoms with van der Waals surface area (Å²) in [4.78, 5) is 0. The van der Waals surface area contributed by atoms with Crippen molar-refractivity contribution in [3.63, 3.8) is 0 Å². The van der Waals surface area contributed by atoms with E-state index < -0.39 is 0 Å². The van der Waals surface area contributed by atoms with Crippen LogP contribution in [0.5, 0.6) is 0 Å². The summed E-state index contributed by atoms with van der Waals surface area (Å²) in [6.07, 6.45) is 5.14. The lowest BCUT2D eigenvalue weighted by Crippen LogP contribution is -2.31. The predicted octanol–water partition coefficient (Wildman–Crippen LogP) is 0.739. The molecule has 0 amide bonds. The van der Waals surface area contributed by atoms with Gasteiger partial charge in [0.05, 0.1) is 12.5 Å². The Hall–Kier alpha value is -1.99. The quantitative estimate of drug-likeness (QED) is 0.170. The number of hydrogen-bond donors (Lipinski definition) is 3. The fourth-order valence-electron chi connectivity index (χ4n) is 1.44. The summed E-state index contributed by atoms with van der Waals surface area (Å²) in [6, 6.07) is 9.60. The molecule has 1 aromatic rings. The van der Waals surface area contributed by atoms with Crippen molar-refractivity contribution >= 4 is 5.84 Å². The number of terminal acetylenes is 1. The Labute approximate surface area is 95.2 Å². The maximum absolute atomic E-state index is 8.72. The van der Waals surface area contributed by atoms with Crippen LogP contribution in [0.15, 0.2) is 35.5 Å². The highest BCUT2D eigenvalue weighted by atomic mass is 16.4. The topological polar surface area (TPSA) is 70.6 Å². The van der Waals surface area contributed by atoms with Crippen LogP contribution in [0.2, 0.25) is 0 Å². The van der Waals surface area contributed by atoms with E-state index in [-0.39, 0.29) is 11.8 Å². The van der Waals surface area contributed by atoms with Gasteiger partial charge in [0, 0.05) is 6.54 Å². The van der Waals surface area contributed by atoms with Crippen LogP contribution in [0.1, 0.15) is 11.5 Å². The van der Waals surface area contributed by atoms with E-state index in [2.05, 4.69) is 16.4 Å². The maximum Gasteiger partial charge on any atom is 0.147 e. The molecule has 1 unspecified atom stereocenters. The summed E-state index contributed by atoms with van der Waals surface area (Å²) in [5.41, 5.74) is 6.63. The summed E-state index contributed by atoms with van der Waals surface area (Å²) in [5, 5.41) is 14.8. The molecule has 4 nitrogen and oxygen atoms in total. The van der Waals surface area contributed by atoms with Crippen LogP contribution < -0.4 is 11.1 Å². The molecule has 4 heteroatoms. The lowest BCUT2D eigenvalue weighted by atomic mass is 9.98. The molecule has 1 rings (SSSR count). The van der Waals surface area contributed by atoms with Crippen molar-refractivity contribution in [2.24, 2.45) is 10.9 Å². The number of oxime groups is 1. The highest BCUT2D eigenvalue weighted by Gasteiger charge is 2.15. The molecule has 0 saturated heterocycles. The molecule has 0 spiro atoms. The molecule has 0 aliphatic heterocycles. The molecule has 0 aromatic heterocycles. The first-order valence-electron chi connectivity index (χ1n) is 4.96. The number of hydrogen-bond acceptors (Lipinski definition) is 3. The van der Waals surface area contributed by atoms with Gasteiger partial charge in [-0.15, -0.1) is 6.42 Å². The van der Waals surface area contributed by atoms with Crippen molar-refractivity contribution in [2.45, 2.75) is 5.92 Å². The van der Waals surface area contributed by atoms with E-state index in [0.717, 1.165) is 5.56 Å². The van der Waals surface area contributed by atoms with Crippen LogP contribution >= 0.6 is 0 Å². The van der Waals surface area contributed by atoms with Crippen LogP contribution in [-0.2, 0) is 0 Å². The summed E-state index contributed by atoms with van der Waals surface area (Å²) in [5.74, 6) is 2.49. The maximum atomic E-state index is 8.72. The number of rotatable bonds is 5. The Morgan fingerprint density at radius 3 is 2.75 bits per heavy atom. The lowest BCUT2D eigenvalue weighted by Gasteiger charge is -2.15. The van der Waals surface area contributed by atoms with Crippen LogP contribution in [0.3, 0.4) is 0 Å². The van der Waals surface area contributed by atoms with E-state index in [4.69, 9.17) is 17.4 Å². The van der Waals surface area contributed by atoms with Crippen LogP contribution in [0, 0.1) is 12.3 Å². The van der Waals surface area contributed by atoms with Crippen LogP contribution in [-0.4, -0.2) is 24.1 Å². The van der Waals surface area contributed by atoms with E-state index in [0.29, 0.717) is 13.1 Å². The van der Waals surface area contributed by atoms with Crippen molar-refractivity contribution in [3.8, 4) is 12.3 Å². The number of nitrogens with two attached hydrogens (primary N) is 1. The number of benzene rings is 1. The highest BCUT2D eigenvalue weighted by molar-refractivity contribution is 5.87. The van der Waals surface area contributed by atoms with Crippen molar-refractivity contribution in [1.29, 1.82) is 0 Å². The smallest absolute Gasteiger partial charge is 0.147 e. The molecule has 0 aliphatic carbocycles. The Morgan fingerprint density at radius 2 is 2.19 bits per heavy atom. The van der Waals surface area contributed by atoms with Gasteiger partial charge in [0.1, 0.15) is 5.84 Å². The monoisotopic (exact) mass is 217 g/mol. The van der Waals surface area contributed by atoms with Crippen LogP contribution in [0.25, 0.3) is 0 Å². The predicted molar refractivity (Wildman–Crippen MR) is 64.3 cm³/mol. The molecular formula is C12H15N3O. The molecule has 0 radical (unpaired) electrons. The van der Waals surface area contributed by atoms with E-state index in [1.165, 1.54) is 0 Å². The van der Waals surface area contributed by atoms with Gasteiger partial charge in [0.25, 0.3) is 0 Å². The highest BCUT2D eigenvalue weighted by Crippen LogP contribution is 2.14. The van der Waals surface area contributed by atoms with E-state index in [9.17, 15) is 0 Å². The third-order valence-corrected chi connectivity index (χ3v) is 2.25. The van der Waals surface area contributed by atoms with E-state index >= 15 is 0 Å². The lowest BCUT2D eigenvalue weighted by molar-refractivity contribution is 0.315. The Bertz CT molecular complexity index is 381. The number of nitrogens with one attached hydrogen (secondary N) is 1. The Kier molecular flexibility index (Phi) is 4.90. The molecule has 84 valence electrons. The first-order valence-corrected chi connectivity index (χ1v) is 4.96. The van der Waals surface area contributed by atoms with Crippen molar-refractivity contribution in [2.75, 3.05) is 13.1 Å². The molecule has 1 aromatic carbocycles. The average molecular weight is 217 g/mol. The fraction of sp³-hybridized carbons (Fsp3) is 0.250. The zero-order chi connectivity index (χ0) is 11.8. The molecule has 0 heterocycles. The van der Waals surface area contributed by atoms with Crippen molar-refractivity contribution in [3.05, 3.63) is 35.9 Å². The zero-order valence-electron chi connectivity index (χ0n) is 8.93. The second-order valence-electron chi connectivity index (χ2n) is 3.32. The van der Waals surface area contributed by atoms with E-state index in [1.807, 2.05) is 30.3 Å². The van der Waals surface area contributed by atoms with Gasteiger partial charge < -0.3 is 16.3 Å². The summed E-state index contributed by atoms with van der Waals surface area (Å²) >= 11 is 0. The molecule has 0 aliphatic rings. The largest absolute Gasteiger partial charge is 0.409 e. The second kappa shape index (κ2) is 6.49. The molecule has 1 atom stereocenters. The average Bonchev–Trinajstić information content (AvgIpc) is 2.35. The molecule has 0 fully saturated rings. The van der Waals surface area contributed by atoms with Gasteiger partial charge in [-0.25, -0.2) is 0 Å². The van der Waals surface area contributed by atoms with Crippen LogP contribution in [0.4, 0.5) is 0 Å². The minimum atomic E-state index is -0.167. The summed E-state index contributed by atoms with van der Waals surface area (Å²) in [7, 11) is 0. The normalized spacial score (nSPS) is 13.1. The van der Waals surface area contributed by atoms with Gasteiger partial charge in [-0.05, 0) is 5.56 Å². The van der Waals surface area contributed by atoms with Gasteiger partial charge in [-0.1, -0.05) is 41.4 Å². The minimum absolute atomic E-state index is 0.167. The van der Waals surface area contributed by atoms with E-state index in [1.54, 1.807) is 0 Å². The molecule has 4 N–H and O–H groups in total. The molecule has 0 bridgehead atoms. The third-order valence-electron chi connectivity index (χ3n) is 2.25. The fourth-order valence-corrected chi connectivity index (χ4v) is 1.44. The third kappa shape index (κ3) is 3.30. The second-order valence-corrected chi connectivity index (χ2v) is 3.32. The summed E-state index contributed by atoms with van der Waals surface area (Å²) < 4.78 is 0. The van der Waals surface area contributed by atoms with Crippen molar-refractivity contribution < 1.29 is 5.21 Å². The van der Waals surface area contributed by atoms with Gasteiger partial charge in [0.2, 0.25) is 0 Å². The first kappa shape index (κ1) is 12.1.